The third-order valence-corrected chi connectivity index (χ3v) is 7.46. The van der Waals surface area contributed by atoms with Gasteiger partial charge in [-0.3, -0.25) is 13.9 Å². The highest BCUT2D eigenvalue weighted by atomic mass is 32.3. The molecule has 190 valence electrons. The Morgan fingerprint density at radius 3 is 2.46 bits per heavy atom. The van der Waals surface area contributed by atoms with E-state index in [0.29, 0.717) is 0 Å². The van der Waals surface area contributed by atoms with Crippen LogP contribution in [0.3, 0.4) is 0 Å². The van der Waals surface area contributed by atoms with Crippen molar-refractivity contribution in [3.63, 3.8) is 0 Å². The fraction of sp³-hybridized carbons (Fsp3) is 0.381. The first-order valence-corrected chi connectivity index (χ1v) is 12.1. The maximum absolute atomic E-state index is 14.6. The standard InChI is InChI=1S/C21H22F4N4O5S/c1-19(2,31)16-13-6-11(18(30)27-20(3)9-35(32,33)10-20)8-26-17(13)29(28-16)15-7-12(4-5-14(15)22)34-21(23,24)25/h4-8,31-33H,9-10H2,1-3H3,(H,27,30). The zero-order valence-electron chi connectivity index (χ0n) is 18.7. The third kappa shape index (κ3) is 5.19. The quantitative estimate of drug-likeness (QED) is 0.377. The molecule has 35 heavy (non-hydrogen) atoms. The van der Waals surface area contributed by atoms with E-state index in [0.717, 1.165) is 29.1 Å². The summed E-state index contributed by atoms with van der Waals surface area (Å²) in [5, 5.41) is 17.7. The molecule has 0 aliphatic carbocycles. The highest BCUT2D eigenvalue weighted by molar-refractivity contribution is 8.25. The van der Waals surface area contributed by atoms with Gasteiger partial charge in [0.2, 0.25) is 0 Å². The number of nitrogens with one attached hydrogen (secondary N) is 1. The first-order valence-electron chi connectivity index (χ1n) is 10.2. The largest absolute Gasteiger partial charge is 0.573 e. The lowest BCUT2D eigenvalue weighted by Crippen LogP contribution is -2.61. The van der Waals surface area contributed by atoms with E-state index in [4.69, 9.17) is 0 Å². The van der Waals surface area contributed by atoms with Crippen LogP contribution in [0.4, 0.5) is 17.6 Å². The minimum Gasteiger partial charge on any atom is -0.406 e. The molecule has 0 saturated carbocycles. The number of carbonyl (C=O) groups is 1. The molecule has 0 bridgehead atoms. The minimum atomic E-state index is -5.00. The molecule has 1 saturated heterocycles. The molecule has 3 heterocycles. The van der Waals surface area contributed by atoms with Crippen molar-refractivity contribution in [2.45, 2.75) is 38.3 Å². The number of pyridine rings is 1. The summed E-state index contributed by atoms with van der Waals surface area (Å²) in [5.74, 6) is -2.17. The van der Waals surface area contributed by atoms with Crippen molar-refractivity contribution in [1.82, 2.24) is 20.1 Å². The number of hydrogen-bond acceptors (Lipinski definition) is 7. The number of fused-ring (bicyclic) bond motifs is 1. The van der Waals surface area contributed by atoms with Gasteiger partial charge in [-0.05, 0) is 39.0 Å². The summed E-state index contributed by atoms with van der Waals surface area (Å²) in [5.41, 5.74) is -2.79. The number of ether oxygens (including phenoxy) is 1. The molecule has 1 aliphatic heterocycles. The van der Waals surface area contributed by atoms with Gasteiger partial charge in [0, 0.05) is 17.6 Å². The Morgan fingerprint density at radius 1 is 1.23 bits per heavy atom. The Labute approximate surface area is 198 Å². The van der Waals surface area contributed by atoms with Crippen LogP contribution in [0, 0.1) is 5.82 Å². The SMILES string of the molecule is CC1(NC(=O)c2cnc3c(c2)c(C(C)(C)O)nn3-c2cc(OC(F)(F)F)ccc2F)CS(O)(O)C1. The van der Waals surface area contributed by atoms with Gasteiger partial charge in [0.15, 0.2) is 5.65 Å². The topological polar surface area (TPSA) is 130 Å². The molecule has 9 nitrogen and oxygen atoms in total. The van der Waals surface area contributed by atoms with Crippen LogP contribution in [0.15, 0.2) is 30.5 Å². The molecule has 4 N–H and O–H groups in total. The summed E-state index contributed by atoms with van der Waals surface area (Å²) >= 11 is 0. The smallest absolute Gasteiger partial charge is 0.406 e. The highest BCUT2D eigenvalue weighted by Gasteiger charge is 2.45. The number of aromatic nitrogens is 3. The van der Waals surface area contributed by atoms with Crippen molar-refractivity contribution in [2.24, 2.45) is 0 Å². The molecule has 14 heteroatoms. The molecular weight excluding hydrogens is 496 g/mol. The van der Waals surface area contributed by atoms with Gasteiger partial charge in [-0.1, -0.05) is 0 Å². The summed E-state index contributed by atoms with van der Waals surface area (Å²) in [6.45, 7) is 4.45. The van der Waals surface area contributed by atoms with Crippen LogP contribution in [0.2, 0.25) is 0 Å². The first kappa shape index (κ1) is 25.2. The monoisotopic (exact) mass is 518 g/mol. The molecule has 4 rings (SSSR count). The molecule has 0 radical (unpaired) electrons. The van der Waals surface area contributed by atoms with E-state index < -0.39 is 51.3 Å². The predicted molar refractivity (Wildman–Crippen MR) is 119 cm³/mol. The zero-order valence-corrected chi connectivity index (χ0v) is 19.5. The number of benzene rings is 1. The highest BCUT2D eigenvalue weighted by Crippen LogP contribution is 2.53. The van der Waals surface area contributed by atoms with Gasteiger partial charge in [0.1, 0.15) is 28.5 Å². The summed E-state index contributed by atoms with van der Waals surface area (Å²) in [6, 6.07) is 3.74. The Balaban J connectivity index is 1.77. The Morgan fingerprint density at radius 2 is 1.89 bits per heavy atom. The van der Waals surface area contributed by atoms with Crippen molar-refractivity contribution in [3.05, 3.63) is 47.5 Å². The van der Waals surface area contributed by atoms with Crippen molar-refractivity contribution in [3.8, 4) is 11.4 Å². The van der Waals surface area contributed by atoms with Gasteiger partial charge >= 0.3 is 6.36 Å². The van der Waals surface area contributed by atoms with Crippen LogP contribution in [0.1, 0.15) is 36.8 Å². The molecule has 1 amide bonds. The van der Waals surface area contributed by atoms with Gasteiger partial charge in [-0.25, -0.2) is 14.1 Å². The molecule has 1 aliphatic rings. The first-order chi connectivity index (χ1) is 16.0. The van der Waals surface area contributed by atoms with E-state index in [2.05, 4.69) is 20.1 Å². The van der Waals surface area contributed by atoms with Crippen LogP contribution in [0.5, 0.6) is 5.75 Å². The van der Waals surface area contributed by atoms with Crippen molar-refractivity contribution >= 4 is 27.5 Å². The summed E-state index contributed by atoms with van der Waals surface area (Å²) < 4.78 is 76.7. The molecule has 2 aromatic heterocycles. The average Bonchev–Trinajstić information content (AvgIpc) is 3.05. The average molecular weight is 518 g/mol. The number of halogens is 4. The number of hydrogen-bond donors (Lipinski definition) is 4. The van der Waals surface area contributed by atoms with Crippen molar-refractivity contribution in [1.29, 1.82) is 0 Å². The number of aliphatic hydroxyl groups is 1. The second-order valence-corrected chi connectivity index (χ2v) is 11.4. The number of nitrogens with zero attached hydrogens (tertiary/aromatic N) is 3. The lowest BCUT2D eigenvalue weighted by atomic mass is 10.0. The van der Waals surface area contributed by atoms with Gasteiger partial charge < -0.3 is 15.2 Å². The predicted octanol–water partition coefficient (Wildman–Crippen LogP) is 3.94. The number of amides is 1. The molecule has 0 spiro atoms. The second kappa shape index (κ2) is 8.05. The van der Waals surface area contributed by atoms with E-state index in [1.807, 2.05) is 0 Å². The maximum Gasteiger partial charge on any atom is 0.573 e. The van der Waals surface area contributed by atoms with Crippen LogP contribution >= 0.6 is 10.6 Å². The number of alkyl halides is 3. The summed E-state index contributed by atoms with van der Waals surface area (Å²) in [6.07, 6.45) is -3.83. The van der Waals surface area contributed by atoms with E-state index in [-0.39, 0.29) is 33.8 Å². The molecule has 0 atom stereocenters. The second-order valence-electron chi connectivity index (χ2n) is 9.18. The lowest BCUT2D eigenvalue weighted by molar-refractivity contribution is -0.274. The molecule has 3 aromatic rings. The Bertz CT molecular complexity index is 1310. The fourth-order valence-corrected chi connectivity index (χ4v) is 6.09. The molecule has 0 unspecified atom stereocenters. The normalized spacial score (nSPS) is 18.1. The van der Waals surface area contributed by atoms with Gasteiger partial charge in [-0.2, -0.15) is 15.7 Å². The van der Waals surface area contributed by atoms with E-state index >= 15 is 0 Å². The molecule has 1 fully saturated rings. The van der Waals surface area contributed by atoms with Crippen LogP contribution in [-0.4, -0.2) is 58.3 Å². The Kier molecular flexibility index (Phi) is 5.78. The summed E-state index contributed by atoms with van der Waals surface area (Å²) in [7, 11) is -2.72. The van der Waals surface area contributed by atoms with Crippen molar-refractivity contribution in [2.75, 3.05) is 11.5 Å². The van der Waals surface area contributed by atoms with Crippen molar-refractivity contribution < 1.29 is 41.3 Å². The summed E-state index contributed by atoms with van der Waals surface area (Å²) in [4.78, 5) is 17.0. The fourth-order valence-electron chi connectivity index (χ4n) is 3.99. The minimum absolute atomic E-state index is 0.000210. The zero-order chi connectivity index (χ0) is 26.0. The van der Waals surface area contributed by atoms with Gasteiger partial charge in [-0.15, -0.1) is 13.2 Å². The van der Waals surface area contributed by atoms with Gasteiger partial charge in [0.25, 0.3) is 5.91 Å². The Hall–Kier alpha value is -2.94. The van der Waals surface area contributed by atoms with E-state index in [1.54, 1.807) is 6.92 Å². The number of carbonyl (C=O) groups excluding carboxylic acids is 1. The molecular formula is C21H22F4N4O5S. The number of rotatable bonds is 5. The van der Waals surface area contributed by atoms with Crippen LogP contribution in [-0.2, 0) is 5.60 Å². The van der Waals surface area contributed by atoms with Gasteiger partial charge in [0.05, 0.1) is 22.6 Å². The van der Waals surface area contributed by atoms with Crippen LogP contribution < -0.4 is 10.1 Å². The van der Waals surface area contributed by atoms with E-state index in [1.165, 1.54) is 19.9 Å². The lowest BCUT2D eigenvalue weighted by Gasteiger charge is -2.54. The third-order valence-electron chi connectivity index (χ3n) is 5.26. The van der Waals surface area contributed by atoms with E-state index in [9.17, 15) is 36.6 Å². The van der Waals surface area contributed by atoms with Crippen LogP contribution in [0.25, 0.3) is 16.7 Å². The maximum atomic E-state index is 14.6. The molecule has 1 aromatic carbocycles.